The van der Waals surface area contributed by atoms with Gasteiger partial charge in [-0.3, -0.25) is 0 Å². The fourth-order valence-corrected chi connectivity index (χ4v) is 3.07. The van der Waals surface area contributed by atoms with E-state index in [-0.39, 0.29) is 11.3 Å². The normalized spacial score (nSPS) is 10.2. The molecule has 29 heavy (non-hydrogen) atoms. The molecule has 136 valence electrons. The minimum Gasteiger partial charge on any atom is -0.242 e. The molecular formula is C24H13FN4. The predicted octanol–water partition coefficient (Wildman–Crippen LogP) is 5.36. The van der Waals surface area contributed by atoms with E-state index < -0.39 is 5.82 Å². The summed E-state index contributed by atoms with van der Waals surface area (Å²) in [5.74, 6) is -0.619. The number of aromatic nitrogens is 2. The molecule has 0 unspecified atom stereocenters. The van der Waals surface area contributed by atoms with Crippen molar-refractivity contribution in [3.8, 4) is 45.9 Å². The summed E-state index contributed by atoms with van der Waals surface area (Å²) in [7, 11) is 0. The number of halogens is 1. The topological polar surface area (TPSA) is 73.4 Å². The minimum atomic E-state index is -0.619. The molecule has 0 bridgehead atoms. The summed E-state index contributed by atoms with van der Waals surface area (Å²) in [6.45, 7) is 0. The van der Waals surface area contributed by atoms with Crippen LogP contribution in [0.15, 0.2) is 78.9 Å². The molecule has 0 radical (unpaired) electrons. The van der Waals surface area contributed by atoms with Crippen LogP contribution in [0.4, 0.5) is 4.39 Å². The van der Waals surface area contributed by atoms with Crippen LogP contribution in [-0.4, -0.2) is 9.97 Å². The zero-order valence-corrected chi connectivity index (χ0v) is 15.2. The van der Waals surface area contributed by atoms with Crippen molar-refractivity contribution < 1.29 is 4.39 Å². The van der Waals surface area contributed by atoms with Crippen LogP contribution >= 0.6 is 0 Å². The van der Waals surface area contributed by atoms with Gasteiger partial charge in [-0.15, -0.1) is 0 Å². The Hall–Kier alpha value is -4.35. The van der Waals surface area contributed by atoms with Crippen molar-refractivity contribution in [2.75, 3.05) is 0 Å². The first-order valence-electron chi connectivity index (χ1n) is 8.84. The van der Waals surface area contributed by atoms with Gasteiger partial charge in [-0.2, -0.15) is 10.5 Å². The molecule has 5 heteroatoms. The molecule has 0 atom stereocenters. The third-order valence-electron chi connectivity index (χ3n) is 4.46. The fourth-order valence-electron chi connectivity index (χ4n) is 3.07. The lowest BCUT2D eigenvalue weighted by molar-refractivity contribution is 0.624. The fraction of sp³-hybridized carbons (Fsp3) is 0. The van der Waals surface area contributed by atoms with Gasteiger partial charge >= 0.3 is 0 Å². The lowest BCUT2D eigenvalue weighted by Gasteiger charge is -2.13. The summed E-state index contributed by atoms with van der Waals surface area (Å²) in [5.41, 5.74) is 3.63. The Bertz CT molecular complexity index is 1270. The van der Waals surface area contributed by atoms with Crippen molar-refractivity contribution in [3.05, 3.63) is 95.9 Å². The Balaban J connectivity index is 2.02. The highest BCUT2D eigenvalue weighted by molar-refractivity contribution is 5.81. The van der Waals surface area contributed by atoms with Crippen molar-refractivity contribution >= 4 is 0 Å². The van der Waals surface area contributed by atoms with Crippen LogP contribution in [0.5, 0.6) is 0 Å². The van der Waals surface area contributed by atoms with Crippen LogP contribution in [0.1, 0.15) is 11.3 Å². The van der Waals surface area contributed by atoms with Gasteiger partial charge in [-0.05, 0) is 18.2 Å². The number of hydrogen-bond acceptors (Lipinski definition) is 4. The standard InChI is InChI=1S/C24H13FN4/c25-20-12-11-18(13-19(20)14-26)22-21(15-27)28-23(16-7-3-1-4-8-16)24(29-22)17-9-5-2-6-10-17/h1-13H. The van der Waals surface area contributed by atoms with Crippen molar-refractivity contribution in [2.24, 2.45) is 0 Å². The molecule has 4 nitrogen and oxygen atoms in total. The predicted molar refractivity (Wildman–Crippen MR) is 108 cm³/mol. The van der Waals surface area contributed by atoms with E-state index in [4.69, 9.17) is 10.2 Å². The van der Waals surface area contributed by atoms with Crippen LogP contribution < -0.4 is 0 Å². The Morgan fingerprint density at radius 2 is 1.21 bits per heavy atom. The van der Waals surface area contributed by atoms with Crippen LogP contribution in [0, 0.1) is 28.5 Å². The molecule has 0 aliphatic rings. The van der Waals surface area contributed by atoms with E-state index in [0.29, 0.717) is 22.6 Å². The maximum atomic E-state index is 13.8. The van der Waals surface area contributed by atoms with Crippen LogP contribution in [0.2, 0.25) is 0 Å². The van der Waals surface area contributed by atoms with E-state index in [1.807, 2.05) is 66.7 Å². The molecule has 4 aromatic rings. The second-order valence-corrected chi connectivity index (χ2v) is 6.27. The summed E-state index contributed by atoms with van der Waals surface area (Å²) in [6, 6.07) is 27.0. The molecule has 0 saturated heterocycles. The van der Waals surface area contributed by atoms with Crippen LogP contribution in [0.3, 0.4) is 0 Å². The number of benzene rings is 3. The smallest absolute Gasteiger partial charge is 0.167 e. The molecule has 3 aromatic carbocycles. The quantitative estimate of drug-likeness (QED) is 0.482. The van der Waals surface area contributed by atoms with Gasteiger partial charge in [-0.1, -0.05) is 60.7 Å². The van der Waals surface area contributed by atoms with Crippen LogP contribution in [0.25, 0.3) is 33.8 Å². The Kier molecular flexibility index (Phi) is 4.80. The number of nitriles is 2. The van der Waals surface area contributed by atoms with E-state index in [1.165, 1.54) is 18.2 Å². The average molecular weight is 376 g/mol. The third-order valence-corrected chi connectivity index (χ3v) is 4.46. The van der Waals surface area contributed by atoms with E-state index in [2.05, 4.69) is 11.1 Å². The highest BCUT2D eigenvalue weighted by Gasteiger charge is 2.18. The van der Waals surface area contributed by atoms with Gasteiger partial charge in [0.25, 0.3) is 0 Å². The van der Waals surface area contributed by atoms with E-state index in [0.717, 1.165) is 11.1 Å². The first kappa shape index (κ1) is 18.0. The maximum Gasteiger partial charge on any atom is 0.167 e. The zero-order chi connectivity index (χ0) is 20.2. The van der Waals surface area contributed by atoms with Crippen LogP contribution in [-0.2, 0) is 0 Å². The minimum absolute atomic E-state index is 0.110. The second-order valence-electron chi connectivity index (χ2n) is 6.27. The molecule has 0 spiro atoms. The number of nitrogens with zero attached hydrogens (tertiary/aromatic N) is 4. The average Bonchev–Trinajstić information content (AvgIpc) is 2.79. The summed E-state index contributed by atoms with van der Waals surface area (Å²) < 4.78 is 13.8. The molecule has 0 saturated carbocycles. The van der Waals surface area contributed by atoms with Gasteiger partial charge in [0, 0.05) is 16.7 Å². The van der Waals surface area contributed by atoms with Crippen molar-refractivity contribution in [1.82, 2.24) is 9.97 Å². The highest BCUT2D eigenvalue weighted by atomic mass is 19.1. The molecule has 1 heterocycles. The first-order chi connectivity index (χ1) is 14.2. The summed E-state index contributed by atoms with van der Waals surface area (Å²) >= 11 is 0. The number of rotatable bonds is 3. The van der Waals surface area contributed by atoms with Gasteiger partial charge < -0.3 is 0 Å². The van der Waals surface area contributed by atoms with Gasteiger partial charge in [-0.25, -0.2) is 14.4 Å². The lowest BCUT2D eigenvalue weighted by Crippen LogP contribution is -2.01. The molecule has 0 amide bonds. The Labute approximate surface area is 167 Å². The first-order valence-corrected chi connectivity index (χ1v) is 8.84. The van der Waals surface area contributed by atoms with Crippen molar-refractivity contribution in [3.63, 3.8) is 0 Å². The Morgan fingerprint density at radius 3 is 1.76 bits per heavy atom. The zero-order valence-electron chi connectivity index (χ0n) is 15.2. The molecule has 0 fully saturated rings. The van der Waals surface area contributed by atoms with E-state index in [1.54, 1.807) is 0 Å². The molecule has 0 aliphatic carbocycles. The van der Waals surface area contributed by atoms with Crippen molar-refractivity contribution in [2.45, 2.75) is 0 Å². The Morgan fingerprint density at radius 1 is 0.621 bits per heavy atom. The molecule has 1 aromatic heterocycles. The van der Waals surface area contributed by atoms with Gasteiger partial charge in [0.15, 0.2) is 5.69 Å². The SMILES string of the molecule is N#Cc1cc(-c2nc(-c3ccccc3)c(-c3ccccc3)nc2C#N)ccc1F. The van der Waals surface area contributed by atoms with E-state index in [9.17, 15) is 9.65 Å². The van der Waals surface area contributed by atoms with Gasteiger partial charge in [0.1, 0.15) is 23.6 Å². The van der Waals surface area contributed by atoms with Gasteiger partial charge in [0.05, 0.1) is 17.0 Å². The summed E-state index contributed by atoms with van der Waals surface area (Å²) in [5, 5.41) is 18.9. The van der Waals surface area contributed by atoms with Crippen molar-refractivity contribution in [1.29, 1.82) is 10.5 Å². The summed E-state index contributed by atoms with van der Waals surface area (Å²) in [4.78, 5) is 9.34. The largest absolute Gasteiger partial charge is 0.242 e. The monoisotopic (exact) mass is 376 g/mol. The molecular weight excluding hydrogens is 363 g/mol. The lowest BCUT2D eigenvalue weighted by atomic mass is 10.0. The maximum absolute atomic E-state index is 13.8. The third kappa shape index (κ3) is 3.45. The molecule has 0 aliphatic heterocycles. The second kappa shape index (κ2) is 7.72. The van der Waals surface area contributed by atoms with E-state index >= 15 is 0 Å². The molecule has 4 rings (SSSR count). The highest BCUT2D eigenvalue weighted by Crippen LogP contribution is 2.33. The number of hydrogen-bond donors (Lipinski definition) is 0. The van der Waals surface area contributed by atoms with Gasteiger partial charge in [0.2, 0.25) is 0 Å². The summed E-state index contributed by atoms with van der Waals surface area (Å²) in [6.07, 6.45) is 0. The molecule has 0 N–H and O–H groups in total.